The molecule has 1 fully saturated rings. The summed E-state index contributed by atoms with van der Waals surface area (Å²) in [6.45, 7) is 1.42. The van der Waals surface area contributed by atoms with Crippen LogP contribution in [0.4, 0.5) is 0 Å². The second kappa shape index (κ2) is 8.01. The summed E-state index contributed by atoms with van der Waals surface area (Å²) in [6, 6.07) is 10.4. The number of thiophene rings is 1. The first-order valence-electron chi connectivity index (χ1n) is 10.1. The lowest BCUT2D eigenvalue weighted by Crippen LogP contribution is -2.29. The Kier molecular flexibility index (Phi) is 5.26. The van der Waals surface area contributed by atoms with Crippen molar-refractivity contribution in [2.24, 2.45) is 0 Å². The van der Waals surface area contributed by atoms with E-state index in [9.17, 15) is 4.79 Å². The number of rotatable bonds is 5. The van der Waals surface area contributed by atoms with Gasteiger partial charge in [-0.05, 0) is 49.7 Å². The van der Waals surface area contributed by atoms with Crippen molar-refractivity contribution in [1.29, 1.82) is 0 Å². The van der Waals surface area contributed by atoms with Crippen LogP contribution in [0.3, 0.4) is 0 Å². The maximum atomic E-state index is 13.5. The molecule has 0 N–H and O–H groups in total. The molecule has 146 valence electrons. The molecule has 3 aromatic rings. The molecule has 2 aromatic heterocycles. The molecule has 1 unspecified atom stereocenters. The Morgan fingerprint density at radius 3 is 2.86 bits per heavy atom. The third-order valence-electron chi connectivity index (χ3n) is 5.66. The molecule has 0 spiro atoms. The summed E-state index contributed by atoms with van der Waals surface area (Å²) in [4.78, 5) is 20.8. The van der Waals surface area contributed by atoms with E-state index in [1.54, 1.807) is 23.1 Å². The zero-order chi connectivity index (χ0) is 18.9. The van der Waals surface area contributed by atoms with Crippen LogP contribution in [0.2, 0.25) is 0 Å². The van der Waals surface area contributed by atoms with Gasteiger partial charge in [-0.2, -0.15) is 0 Å². The molecule has 1 saturated heterocycles. The van der Waals surface area contributed by atoms with Gasteiger partial charge in [-0.25, -0.2) is 4.98 Å². The first kappa shape index (κ1) is 18.4. The van der Waals surface area contributed by atoms with Crippen molar-refractivity contribution in [2.75, 3.05) is 6.61 Å². The number of thioether (sulfide) groups is 1. The predicted octanol–water partition coefficient (Wildman–Crippen LogP) is 4.81. The van der Waals surface area contributed by atoms with Crippen molar-refractivity contribution in [1.82, 2.24) is 9.55 Å². The molecule has 5 rings (SSSR count). The molecule has 0 bridgehead atoms. The highest BCUT2D eigenvalue weighted by molar-refractivity contribution is 7.98. The molecular formula is C22H24N2O2S2. The van der Waals surface area contributed by atoms with Crippen molar-refractivity contribution in [3.63, 3.8) is 0 Å². The van der Waals surface area contributed by atoms with E-state index in [4.69, 9.17) is 9.72 Å². The van der Waals surface area contributed by atoms with Crippen LogP contribution in [0.5, 0.6) is 0 Å². The Bertz CT molecular complexity index is 1040. The SMILES string of the molecule is O=c1c2c3c(sc2nc(SCc2ccccc2)n1CC1CCCO1)CCCC3. The van der Waals surface area contributed by atoms with Crippen LogP contribution < -0.4 is 5.56 Å². The smallest absolute Gasteiger partial charge is 0.263 e. The van der Waals surface area contributed by atoms with E-state index in [2.05, 4.69) is 24.3 Å². The molecule has 1 atom stereocenters. The van der Waals surface area contributed by atoms with E-state index in [0.717, 1.165) is 53.4 Å². The molecule has 0 amide bonds. The molecule has 28 heavy (non-hydrogen) atoms. The molecule has 1 aliphatic carbocycles. The van der Waals surface area contributed by atoms with Crippen LogP contribution in [0.25, 0.3) is 10.2 Å². The standard InChI is InChI=1S/C22H24N2O2S2/c25-21-19-17-10-4-5-11-18(17)28-20(19)23-22(24(21)13-16-9-6-12-26-16)27-14-15-7-2-1-3-8-15/h1-3,7-8,16H,4-6,9-14H2. The summed E-state index contributed by atoms with van der Waals surface area (Å²) in [5, 5.41) is 1.71. The lowest BCUT2D eigenvalue weighted by atomic mass is 9.97. The van der Waals surface area contributed by atoms with Gasteiger partial charge in [-0.3, -0.25) is 9.36 Å². The highest BCUT2D eigenvalue weighted by Crippen LogP contribution is 2.35. The minimum Gasteiger partial charge on any atom is -0.376 e. The maximum Gasteiger partial charge on any atom is 0.263 e. The Morgan fingerprint density at radius 2 is 2.04 bits per heavy atom. The molecule has 0 radical (unpaired) electrons. The van der Waals surface area contributed by atoms with Crippen molar-refractivity contribution in [3.05, 3.63) is 56.7 Å². The number of fused-ring (bicyclic) bond motifs is 3. The molecule has 1 aliphatic heterocycles. The van der Waals surface area contributed by atoms with Crippen LogP contribution in [-0.4, -0.2) is 22.3 Å². The molecule has 0 saturated carbocycles. The van der Waals surface area contributed by atoms with E-state index in [-0.39, 0.29) is 11.7 Å². The van der Waals surface area contributed by atoms with E-state index in [1.807, 2.05) is 10.6 Å². The summed E-state index contributed by atoms with van der Waals surface area (Å²) in [7, 11) is 0. The van der Waals surface area contributed by atoms with Crippen molar-refractivity contribution >= 4 is 33.3 Å². The first-order valence-corrected chi connectivity index (χ1v) is 11.9. The topological polar surface area (TPSA) is 44.1 Å². The molecule has 3 heterocycles. The van der Waals surface area contributed by atoms with Crippen molar-refractivity contribution in [2.45, 2.75) is 62.1 Å². The van der Waals surface area contributed by atoms with Crippen LogP contribution in [-0.2, 0) is 29.9 Å². The lowest BCUT2D eigenvalue weighted by molar-refractivity contribution is 0.0937. The Hall–Kier alpha value is -1.63. The van der Waals surface area contributed by atoms with Crippen LogP contribution in [0.1, 0.15) is 41.7 Å². The third-order valence-corrected chi connectivity index (χ3v) is 7.89. The van der Waals surface area contributed by atoms with Crippen LogP contribution >= 0.6 is 23.1 Å². The summed E-state index contributed by atoms with van der Waals surface area (Å²) in [5.74, 6) is 0.815. The van der Waals surface area contributed by atoms with Gasteiger partial charge in [0.25, 0.3) is 5.56 Å². The normalized spacial score (nSPS) is 19.2. The first-order chi connectivity index (χ1) is 13.8. The fourth-order valence-corrected chi connectivity index (χ4v) is 6.47. The molecular weight excluding hydrogens is 388 g/mol. The van der Waals surface area contributed by atoms with Gasteiger partial charge in [-0.15, -0.1) is 11.3 Å². The van der Waals surface area contributed by atoms with E-state index in [0.29, 0.717) is 6.54 Å². The zero-order valence-corrected chi connectivity index (χ0v) is 17.5. The summed E-state index contributed by atoms with van der Waals surface area (Å²) in [5.41, 5.74) is 2.65. The minimum atomic E-state index is 0.127. The van der Waals surface area contributed by atoms with Gasteiger partial charge < -0.3 is 4.74 Å². The zero-order valence-electron chi connectivity index (χ0n) is 15.9. The number of benzene rings is 1. The summed E-state index contributed by atoms with van der Waals surface area (Å²) >= 11 is 3.39. The highest BCUT2D eigenvalue weighted by atomic mass is 32.2. The van der Waals surface area contributed by atoms with Gasteiger partial charge in [0.15, 0.2) is 5.16 Å². The average molecular weight is 413 g/mol. The Balaban J connectivity index is 1.56. The van der Waals surface area contributed by atoms with E-state index < -0.39 is 0 Å². The maximum absolute atomic E-state index is 13.5. The largest absolute Gasteiger partial charge is 0.376 e. The fraction of sp³-hybridized carbons (Fsp3) is 0.455. The summed E-state index contributed by atoms with van der Waals surface area (Å²) in [6.07, 6.45) is 6.73. The second-order valence-electron chi connectivity index (χ2n) is 7.61. The molecule has 1 aromatic carbocycles. The van der Waals surface area contributed by atoms with Gasteiger partial charge in [-0.1, -0.05) is 42.1 Å². The average Bonchev–Trinajstić information content (AvgIpc) is 3.37. The number of nitrogens with zero attached hydrogens (tertiary/aromatic N) is 2. The van der Waals surface area contributed by atoms with Gasteiger partial charge in [0, 0.05) is 17.2 Å². The van der Waals surface area contributed by atoms with Gasteiger partial charge >= 0.3 is 0 Å². The Morgan fingerprint density at radius 1 is 1.18 bits per heavy atom. The lowest BCUT2D eigenvalue weighted by Gasteiger charge is -2.16. The number of aryl methyl sites for hydroxylation is 2. The van der Waals surface area contributed by atoms with E-state index >= 15 is 0 Å². The van der Waals surface area contributed by atoms with Gasteiger partial charge in [0.1, 0.15) is 4.83 Å². The Labute approximate surface area is 172 Å². The number of hydrogen-bond donors (Lipinski definition) is 0. The van der Waals surface area contributed by atoms with E-state index in [1.165, 1.54) is 28.8 Å². The van der Waals surface area contributed by atoms with Crippen molar-refractivity contribution < 1.29 is 4.74 Å². The third kappa shape index (κ3) is 3.53. The quantitative estimate of drug-likeness (QED) is 0.446. The van der Waals surface area contributed by atoms with Gasteiger partial charge in [0.2, 0.25) is 0 Å². The van der Waals surface area contributed by atoms with Crippen LogP contribution in [0.15, 0.2) is 40.3 Å². The van der Waals surface area contributed by atoms with Crippen molar-refractivity contribution in [3.8, 4) is 0 Å². The second-order valence-corrected chi connectivity index (χ2v) is 9.64. The minimum absolute atomic E-state index is 0.127. The number of hydrogen-bond acceptors (Lipinski definition) is 5. The van der Waals surface area contributed by atoms with Gasteiger partial charge in [0.05, 0.1) is 18.0 Å². The molecule has 4 nitrogen and oxygen atoms in total. The molecule has 2 aliphatic rings. The molecule has 6 heteroatoms. The predicted molar refractivity (Wildman–Crippen MR) is 115 cm³/mol. The number of aromatic nitrogens is 2. The number of ether oxygens (including phenoxy) is 1. The highest BCUT2D eigenvalue weighted by Gasteiger charge is 2.24. The fourth-order valence-electron chi connectivity index (χ4n) is 4.21. The van der Waals surface area contributed by atoms with Crippen LogP contribution in [0, 0.1) is 0 Å². The summed E-state index contributed by atoms with van der Waals surface area (Å²) < 4.78 is 7.74. The monoisotopic (exact) mass is 412 g/mol.